The van der Waals surface area contributed by atoms with E-state index >= 15 is 0 Å². The van der Waals surface area contributed by atoms with Crippen LogP contribution in [0.1, 0.15) is 11.1 Å². The van der Waals surface area contributed by atoms with Crippen LogP contribution in [0.25, 0.3) is 0 Å². The molecule has 0 fully saturated rings. The predicted octanol–water partition coefficient (Wildman–Crippen LogP) is 3.64. The third-order valence-corrected chi connectivity index (χ3v) is 3.53. The van der Waals surface area contributed by atoms with Crippen LogP contribution in [-0.4, -0.2) is 31.6 Å². The maximum absolute atomic E-state index is 13.2. The number of carbonyl (C=O) groups excluding carboxylic acids is 1. The molecular weight excluding hydrogens is 335 g/mol. The summed E-state index contributed by atoms with van der Waals surface area (Å²) in [4.78, 5) is 13.7. The van der Waals surface area contributed by atoms with Gasteiger partial charge in [-0.05, 0) is 35.4 Å². The van der Waals surface area contributed by atoms with Gasteiger partial charge in [0.1, 0.15) is 5.82 Å². The zero-order valence-corrected chi connectivity index (χ0v) is 13.8. The van der Waals surface area contributed by atoms with Crippen molar-refractivity contribution in [2.45, 2.75) is 19.6 Å². The van der Waals surface area contributed by atoms with Gasteiger partial charge in [-0.25, -0.2) is 4.39 Å². The number of hydrogen-bond donors (Lipinski definition) is 0. The zero-order chi connectivity index (χ0) is 18.4. The van der Waals surface area contributed by atoms with Gasteiger partial charge in [-0.1, -0.05) is 18.2 Å². The van der Waals surface area contributed by atoms with Crippen LogP contribution < -0.4 is 9.47 Å². The molecule has 0 N–H and O–H groups in total. The Hall–Kier alpha value is -2.70. The number of hydrogen-bond acceptors (Lipinski definition) is 3. The summed E-state index contributed by atoms with van der Waals surface area (Å²) in [6.07, 6.45) is 0.0674. The number of nitrogens with zero attached hydrogens (tertiary/aromatic N) is 1. The summed E-state index contributed by atoms with van der Waals surface area (Å²) in [5, 5.41) is 0. The molecule has 1 amide bonds. The van der Waals surface area contributed by atoms with Gasteiger partial charge in [-0.15, -0.1) is 0 Å². The second kappa shape index (κ2) is 8.41. The van der Waals surface area contributed by atoms with E-state index in [2.05, 4.69) is 4.74 Å². The minimum absolute atomic E-state index is 0.0674. The van der Waals surface area contributed by atoms with Crippen LogP contribution in [0.4, 0.5) is 13.2 Å². The van der Waals surface area contributed by atoms with E-state index in [9.17, 15) is 18.0 Å². The first kappa shape index (κ1) is 18.6. The van der Waals surface area contributed by atoms with Crippen molar-refractivity contribution in [3.63, 3.8) is 0 Å². The summed E-state index contributed by atoms with van der Waals surface area (Å²) < 4.78 is 47.2. The van der Waals surface area contributed by atoms with Crippen LogP contribution in [0.15, 0.2) is 42.5 Å². The highest BCUT2D eigenvalue weighted by molar-refractivity contribution is 5.78. The van der Waals surface area contributed by atoms with Crippen LogP contribution >= 0.6 is 0 Å². The van der Waals surface area contributed by atoms with Crippen molar-refractivity contribution in [3.8, 4) is 11.5 Å². The van der Waals surface area contributed by atoms with E-state index in [4.69, 9.17) is 4.74 Å². The van der Waals surface area contributed by atoms with Crippen molar-refractivity contribution in [1.82, 2.24) is 4.90 Å². The fourth-order valence-corrected chi connectivity index (χ4v) is 2.32. The molecule has 0 aliphatic rings. The zero-order valence-electron chi connectivity index (χ0n) is 13.8. The van der Waals surface area contributed by atoms with Gasteiger partial charge >= 0.3 is 6.61 Å². The number of carbonyl (C=O) groups is 1. The lowest BCUT2D eigenvalue weighted by molar-refractivity contribution is -0.129. The van der Waals surface area contributed by atoms with Gasteiger partial charge in [0.25, 0.3) is 0 Å². The molecule has 4 nitrogen and oxygen atoms in total. The van der Waals surface area contributed by atoms with Crippen LogP contribution in [0.3, 0.4) is 0 Å². The van der Waals surface area contributed by atoms with Gasteiger partial charge in [0.15, 0.2) is 11.5 Å². The average molecular weight is 353 g/mol. The molecule has 0 atom stereocenters. The molecule has 0 saturated carbocycles. The Morgan fingerprint density at radius 3 is 2.52 bits per heavy atom. The maximum Gasteiger partial charge on any atom is 0.387 e. The molecule has 2 aromatic carbocycles. The summed E-state index contributed by atoms with van der Waals surface area (Å²) in [5.41, 5.74) is 1.27. The number of benzene rings is 2. The standard InChI is InChI=1S/C18H18F3NO3/c1-22(17(23)10-12-4-3-5-14(19)8-12)11-13-6-7-15(25-18(20)21)16(9-13)24-2/h3-9,18H,10-11H2,1-2H3. The number of amides is 1. The Bertz CT molecular complexity index is 737. The molecule has 2 rings (SSSR count). The summed E-state index contributed by atoms with van der Waals surface area (Å²) in [6, 6.07) is 10.3. The third kappa shape index (κ3) is 5.41. The van der Waals surface area contributed by atoms with Gasteiger partial charge in [0.2, 0.25) is 5.91 Å². The van der Waals surface area contributed by atoms with E-state index in [1.807, 2.05) is 0 Å². The molecule has 0 spiro atoms. The molecule has 0 radical (unpaired) electrons. The van der Waals surface area contributed by atoms with E-state index in [0.717, 1.165) is 0 Å². The molecule has 0 aliphatic carbocycles. The Labute approximate surface area is 143 Å². The highest BCUT2D eigenvalue weighted by Gasteiger charge is 2.14. The number of likely N-dealkylation sites (N-methyl/N-ethyl adjacent to an activating group) is 1. The minimum Gasteiger partial charge on any atom is -0.493 e. The smallest absolute Gasteiger partial charge is 0.387 e. The van der Waals surface area contributed by atoms with Crippen LogP contribution in [0.5, 0.6) is 11.5 Å². The molecule has 25 heavy (non-hydrogen) atoms. The summed E-state index contributed by atoms with van der Waals surface area (Å²) in [5.74, 6) is -0.511. The number of rotatable bonds is 7. The molecule has 0 aromatic heterocycles. The second-order valence-electron chi connectivity index (χ2n) is 5.42. The number of ether oxygens (including phenoxy) is 2. The molecule has 0 heterocycles. The highest BCUT2D eigenvalue weighted by Crippen LogP contribution is 2.29. The lowest BCUT2D eigenvalue weighted by atomic mass is 10.1. The van der Waals surface area contributed by atoms with Crippen LogP contribution in [0.2, 0.25) is 0 Å². The largest absolute Gasteiger partial charge is 0.493 e. The van der Waals surface area contributed by atoms with Crippen LogP contribution in [0, 0.1) is 5.82 Å². The number of alkyl halides is 2. The molecule has 2 aromatic rings. The predicted molar refractivity (Wildman–Crippen MR) is 86.2 cm³/mol. The normalized spacial score (nSPS) is 10.6. The van der Waals surface area contributed by atoms with E-state index in [-0.39, 0.29) is 30.4 Å². The van der Waals surface area contributed by atoms with Gasteiger partial charge in [0, 0.05) is 13.6 Å². The van der Waals surface area contributed by atoms with Crippen molar-refractivity contribution >= 4 is 5.91 Å². The third-order valence-electron chi connectivity index (χ3n) is 3.53. The van der Waals surface area contributed by atoms with Crippen molar-refractivity contribution < 1.29 is 27.4 Å². The molecule has 134 valence electrons. The topological polar surface area (TPSA) is 38.8 Å². The van der Waals surface area contributed by atoms with E-state index < -0.39 is 12.4 Å². The van der Waals surface area contributed by atoms with E-state index in [1.54, 1.807) is 25.2 Å². The van der Waals surface area contributed by atoms with Crippen molar-refractivity contribution in [2.75, 3.05) is 14.2 Å². The molecule has 7 heteroatoms. The first-order valence-electron chi connectivity index (χ1n) is 7.49. The van der Waals surface area contributed by atoms with Crippen LogP contribution in [-0.2, 0) is 17.8 Å². The van der Waals surface area contributed by atoms with Gasteiger partial charge < -0.3 is 14.4 Å². The summed E-state index contributed by atoms with van der Waals surface area (Å²) in [7, 11) is 2.95. The lowest BCUT2D eigenvalue weighted by Crippen LogP contribution is -2.27. The summed E-state index contributed by atoms with van der Waals surface area (Å²) >= 11 is 0. The van der Waals surface area contributed by atoms with Crippen molar-refractivity contribution in [1.29, 1.82) is 0 Å². The first-order chi connectivity index (χ1) is 11.9. The van der Waals surface area contributed by atoms with Gasteiger partial charge in [-0.3, -0.25) is 4.79 Å². The van der Waals surface area contributed by atoms with E-state index in [0.29, 0.717) is 11.1 Å². The highest BCUT2D eigenvalue weighted by atomic mass is 19.3. The molecular formula is C18H18F3NO3. The Morgan fingerprint density at radius 1 is 1.12 bits per heavy atom. The quantitative estimate of drug-likeness (QED) is 0.763. The van der Waals surface area contributed by atoms with E-state index in [1.165, 1.54) is 36.3 Å². The Morgan fingerprint density at radius 2 is 1.88 bits per heavy atom. The minimum atomic E-state index is -2.95. The summed E-state index contributed by atoms with van der Waals surface area (Å²) in [6.45, 7) is -2.70. The molecule has 0 aliphatic heterocycles. The SMILES string of the molecule is COc1cc(CN(C)C(=O)Cc2cccc(F)c2)ccc1OC(F)F. The Balaban J connectivity index is 2.04. The van der Waals surface area contributed by atoms with Crippen molar-refractivity contribution in [2.24, 2.45) is 0 Å². The second-order valence-corrected chi connectivity index (χ2v) is 5.42. The molecule has 0 unspecified atom stereocenters. The van der Waals surface area contributed by atoms with Gasteiger partial charge in [0.05, 0.1) is 13.5 Å². The van der Waals surface area contributed by atoms with Crippen molar-refractivity contribution in [3.05, 3.63) is 59.4 Å². The average Bonchev–Trinajstić information content (AvgIpc) is 2.55. The number of halogens is 3. The lowest BCUT2D eigenvalue weighted by Gasteiger charge is -2.18. The fourth-order valence-electron chi connectivity index (χ4n) is 2.32. The first-order valence-corrected chi connectivity index (χ1v) is 7.49. The monoisotopic (exact) mass is 353 g/mol. The fraction of sp³-hybridized carbons (Fsp3) is 0.278. The molecule has 0 saturated heterocycles. The van der Waals surface area contributed by atoms with Gasteiger partial charge in [-0.2, -0.15) is 8.78 Å². The number of methoxy groups -OCH3 is 1. The maximum atomic E-state index is 13.2. The Kier molecular flexibility index (Phi) is 6.27. The molecule has 0 bridgehead atoms.